The largest absolute Gasteiger partial charge is 0.399 e. The molecule has 1 atom stereocenters. The molecule has 0 spiro atoms. The molecule has 106 valence electrons. The SMILES string of the molecule is CC1CN(S(=O)(=O)Cc2ccc(N)cc2)CCCO1. The number of rotatable bonds is 3. The molecule has 0 bridgehead atoms. The van der Waals surface area contributed by atoms with Gasteiger partial charge in [0.25, 0.3) is 0 Å². The highest BCUT2D eigenvalue weighted by molar-refractivity contribution is 7.88. The van der Waals surface area contributed by atoms with Crippen molar-refractivity contribution in [1.82, 2.24) is 4.31 Å². The van der Waals surface area contributed by atoms with Gasteiger partial charge in [0.1, 0.15) is 0 Å². The van der Waals surface area contributed by atoms with E-state index in [4.69, 9.17) is 10.5 Å². The molecule has 2 N–H and O–H groups in total. The van der Waals surface area contributed by atoms with Gasteiger partial charge in [-0.3, -0.25) is 0 Å². The van der Waals surface area contributed by atoms with Crippen molar-refractivity contribution in [3.63, 3.8) is 0 Å². The summed E-state index contributed by atoms with van der Waals surface area (Å²) in [5, 5.41) is 0. The number of hydrogen-bond donors (Lipinski definition) is 1. The van der Waals surface area contributed by atoms with Crippen molar-refractivity contribution in [3.8, 4) is 0 Å². The van der Waals surface area contributed by atoms with E-state index in [1.165, 1.54) is 4.31 Å². The van der Waals surface area contributed by atoms with Gasteiger partial charge in [-0.25, -0.2) is 8.42 Å². The molecule has 19 heavy (non-hydrogen) atoms. The minimum absolute atomic E-state index is 0.0139. The van der Waals surface area contributed by atoms with Crippen LogP contribution in [-0.4, -0.2) is 38.5 Å². The number of benzene rings is 1. The predicted molar refractivity (Wildman–Crippen MR) is 75.1 cm³/mol. The summed E-state index contributed by atoms with van der Waals surface area (Å²) >= 11 is 0. The van der Waals surface area contributed by atoms with E-state index in [2.05, 4.69) is 0 Å². The third kappa shape index (κ3) is 3.92. The van der Waals surface area contributed by atoms with Gasteiger partial charge in [0, 0.05) is 25.4 Å². The van der Waals surface area contributed by atoms with Gasteiger partial charge < -0.3 is 10.5 Å². The number of nitrogens with two attached hydrogens (primary N) is 1. The Labute approximate surface area is 114 Å². The maximum absolute atomic E-state index is 12.4. The normalized spacial score (nSPS) is 22.1. The number of nitrogens with zero attached hydrogens (tertiary/aromatic N) is 1. The molecule has 1 aromatic rings. The highest BCUT2D eigenvalue weighted by Gasteiger charge is 2.26. The molecular formula is C13H20N2O3S. The van der Waals surface area contributed by atoms with Crippen molar-refractivity contribution < 1.29 is 13.2 Å². The molecular weight excluding hydrogens is 264 g/mol. The maximum atomic E-state index is 12.4. The first kappa shape index (κ1) is 14.3. The summed E-state index contributed by atoms with van der Waals surface area (Å²) in [4.78, 5) is 0. The Balaban J connectivity index is 2.10. The van der Waals surface area contributed by atoms with Crippen molar-refractivity contribution in [1.29, 1.82) is 0 Å². The van der Waals surface area contributed by atoms with Crippen molar-refractivity contribution in [2.75, 3.05) is 25.4 Å². The Hall–Kier alpha value is -1.11. The number of nitrogen functional groups attached to an aromatic ring is 1. The molecule has 0 aliphatic carbocycles. The van der Waals surface area contributed by atoms with E-state index in [9.17, 15) is 8.42 Å². The van der Waals surface area contributed by atoms with Crippen molar-refractivity contribution >= 4 is 15.7 Å². The lowest BCUT2D eigenvalue weighted by Gasteiger charge is -2.21. The third-order valence-electron chi connectivity index (χ3n) is 3.14. The summed E-state index contributed by atoms with van der Waals surface area (Å²) in [5.74, 6) is 0.0139. The lowest BCUT2D eigenvalue weighted by atomic mass is 10.2. The fraction of sp³-hybridized carbons (Fsp3) is 0.538. The summed E-state index contributed by atoms with van der Waals surface area (Å²) in [6, 6.07) is 6.95. The second kappa shape index (κ2) is 5.90. The first-order valence-electron chi connectivity index (χ1n) is 6.41. The number of anilines is 1. The Morgan fingerprint density at radius 3 is 2.74 bits per heavy atom. The monoisotopic (exact) mass is 284 g/mol. The summed E-state index contributed by atoms with van der Waals surface area (Å²) < 4.78 is 31.8. The number of hydrogen-bond acceptors (Lipinski definition) is 4. The molecule has 0 aromatic heterocycles. The smallest absolute Gasteiger partial charge is 0.218 e. The number of ether oxygens (including phenoxy) is 1. The van der Waals surface area contributed by atoms with E-state index < -0.39 is 10.0 Å². The molecule has 1 aliphatic heterocycles. The van der Waals surface area contributed by atoms with Crippen LogP contribution in [0.1, 0.15) is 18.9 Å². The lowest BCUT2D eigenvalue weighted by molar-refractivity contribution is 0.0752. The average molecular weight is 284 g/mol. The molecule has 0 amide bonds. The third-order valence-corrected chi connectivity index (χ3v) is 4.95. The van der Waals surface area contributed by atoms with Crippen LogP contribution in [0.25, 0.3) is 0 Å². The molecule has 1 heterocycles. The van der Waals surface area contributed by atoms with Crippen LogP contribution >= 0.6 is 0 Å². The molecule has 1 aromatic carbocycles. The molecule has 1 aliphatic rings. The van der Waals surface area contributed by atoms with Gasteiger partial charge in [-0.2, -0.15) is 4.31 Å². The molecule has 1 fully saturated rings. The molecule has 0 radical (unpaired) electrons. The van der Waals surface area contributed by atoms with Crippen LogP contribution in [0.3, 0.4) is 0 Å². The maximum Gasteiger partial charge on any atom is 0.218 e. The van der Waals surface area contributed by atoms with Crippen molar-refractivity contribution in [2.45, 2.75) is 25.2 Å². The first-order chi connectivity index (χ1) is 8.97. The zero-order valence-corrected chi connectivity index (χ0v) is 11.9. The molecule has 6 heteroatoms. The van der Waals surface area contributed by atoms with Crippen molar-refractivity contribution in [3.05, 3.63) is 29.8 Å². The minimum Gasteiger partial charge on any atom is -0.399 e. The van der Waals surface area contributed by atoms with Gasteiger partial charge >= 0.3 is 0 Å². The molecule has 0 saturated carbocycles. The summed E-state index contributed by atoms with van der Waals surface area (Å²) in [6.07, 6.45) is 0.689. The number of sulfonamides is 1. The van der Waals surface area contributed by atoms with Crippen molar-refractivity contribution in [2.24, 2.45) is 0 Å². The molecule has 5 nitrogen and oxygen atoms in total. The van der Waals surface area contributed by atoms with E-state index in [1.807, 2.05) is 6.92 Å². The Kier molecular flexibility index (Phi) is 4.44. The summed E-state index contributed by atoms with van der Waals surface area (Å²) in [6.45, 7) is 3.48. The Bertz CT molecular complexity index is 513. The minimum atomic E-state index is -3.29. The second-order valence-electron chi connectivity index (χ2n) is 4.89. The van der Waals surface area contributed by atoms with Crippen LogP contribution in [0.4, 0.5) is 5.69 Å². The quantitative estimate of drug-likeness (QED) is 0.847. The summed E-state index contributed by atoms with van der Waals surface area (Å²) in [7, 11) is -3.29. The van der Waals surface area contributed by atoms with Crippen LogP contribution in [0.2, 0.25) is 0 Å². The zero-order valence-electron chi connectivity index (χ0n) is 11.1. The first-order valence-corrected chi connectivity index (χ1v) is 8.02. The fourth-order valence-corrected chi connectivity index (χ4v) is 3.77. The van der Waals surface area contributed by atoms with Crippen LogP contribution in [0.15, 0.2) is 24.3 Å². The second-order valence-corrected chi connectivity index (χ2v) is 6.86. The van der Waals surface area contributed by atoms with Crippen LogP contribution < -0.4 is 5.73 Å². The average Bonchev–Trinajstić information content (AvgIpc) is 2.57. The topological polar surface area (TPSA) is 72.6 Å². The van der Waals surface area contributed by atoms with E-state index in [-0.39, 0.29) is 11.9 Å². The Morgan fingerprint density at radius 1 is 1.37 bits per heavy atom. The lowest BCUT2D eigenvalue weighted by Crippen LogP contribution is -2.36. The molecule has 1 saturated heterocycles. The van der Waals surface area contributed by atoms with Crippen LogP contribution in [-0.2, 0) is 20.5 Å². The Morgan fingerprint density at radius 2 is 2.05 bits per heavy atom. The standard InChI is InChI=1S/C13H20N2O3S/c1-11-9-15(7-2-8-18-11)19(16,17)10-12-3-5-13(14)6-4-12/h3-6,11H,2,7-10,14H2,1H3. The predicted octanol–water partition coefficient (Wildman–Crippen LogP) is 1.21. The van der Waals surface area contributed by atoms with Gasteiger partial charge in [-0.05, 0) is 31.0 Å². The summed E-state index contributed by atoms with van der Waals surface area (Å²) in [5.41, 5.74) is 6.99. The van der Waals surface area contributed by atoms with Gasteiger partial charge in [0.2, 0.25) is 10.0 Å². The van der Waals surface area contributed by atoms with Crippen LogP contribution in [0.5, 0.6) is 0 Å². The molecule has 1 unspecified atom stereocenters. The van der Waals surface area contributed by atoms with E-state index in [0.717, 1.165) is 12.0 Å². The zero-order chi connectivity index (χ0) is 13.9. The van der Waals surface area contributed by atoms with Gasteiger partial charge in [-0.1, -0.05) is 12.1 Å². The van der Waals surface area contributed by atoms with Gasteiger partial charge in [0.05, 0.1) is 11.9 Å². The highest BCUT2D eigenvalue weighted by atomic mass is 32.2. The fourth-order valence-electron chi connectivity index (χ4n) is 2.12. The van der Waals surface area contributed by atoms with Gasteiger partial charge in [-0.15, -0.1) is 0 Å². The van der Waals surface area contributed by atoms with Gasteiger partial charge in [0.15, 0.2) is 0 Å². The van der Waals surface area contributed by atoms with Crippen LogP contribution in [0, 0.1) is 0 Å². The van der Waals surface area contributed by atoms with E-state index in [0.29, 0.717) is 25.4 Å². The molecule has 2 rings (SSSR count). The highest BCUT2D eigenvalue weighted by Crippen LogP contribution is 2.16. The van der Waals surface area contributed by atoms with E-state index >= 15 is 0 Å². The van der Waals surface area contributed by atoms with E-state index in [1.54, 1.807) is 24.3 Å².